The third kappa shape index (κ3) is 4.05. The van der Waals surface area contributed by atoms with Gasteiger partial charge in [-0.25, -0.2) is 9.37 Å². The lowest BCUT2D eigenvalue weighted by Gasteiger charge is -2.09. The molecule has 1 fully saturated rings. The van der Waals surface area contributed by atoms with E-state index in [-0.39, 0.29) is 18.3 Å². The van der Waals surface area contributed by atoms with E-state index in [0.717, 1.165) is 19.4 Å². The number of ether oxygens (including phenoxy) is 1. The topological polar surface area (TPSA) is 74.3 Å². The van der Waals surface area contributed by atoms with Crippen LogP contribution in [0.2, 0.25) is 0 Å². The van der Waals surface area contributed by atoms with Crippen LogP contribution in [0, 0.1) is 5.82 Å². The van der Waals surface area contributed by atoms with Gasteiger partial charge in [0.15, 0.2) is 5.13 Å². The smallest absolute Gasteiger partial charge is 0.183 e. The van der Waals surface area contributed by atoms with Crippen LogP contribution >= 0.6 is 11.3 Å². The van der Waals surface area contributed by atoms with Crippen LogP contribution in [0.25, 0.3) is 11.3 Å². The number of rotatable bonds is 6. The van der Waals surface area contributed by atoms with Crippen molar-refractivity contribution in [1.29, 1.82) is 0 Å². The molecule has 122 valence electrons. The van der Waals surface area contributed by atoms with Gasteiger partial charge in [0.2, 0.25) is 0 Å². The molecule has 1 aliphatic heterocycles. The summed E-state index contributed by atoms with van der Waals surface area (Å²) >= 11 is 1.28. The maximum Gasteiger partial charge on any atom is 0.183 e. The molecular formula is C16H16FN2O3S-. The molecule has 7 heteroatoms. The zero-order valence-electron chi connectivity index (χ0n) is 12.4. The summed E-state index contributed by atoms with van der Waals surface area (Å²) in [6.45, 7) is 1.42. The number of hydrogen-bond acceptors (Lipinski definition) is 6. The maximum absolute atomic E-state index is 13.1. The number of aromatic nitrogens is 1. The molecule has 2 heterocycles. The lowest BCUT2D eigenvalue weighted by atomic mass is 10.1. The molecule has 5 nitrogen and oxygen atoms in total. The number of anilines is 1. The molecule has 0 bridgehead atoms. The Bertz CT molecular complexity index is 681. The van der Waals surface area contributed by atoms with Gasteiger partial charge in [-0.15, -0.1) is 11.3 Å². The summed E-state index contributed by atoms with van der Waals surface area (Å²) in [5.74, 6) is -1.51. The molecule has 0 unspecified atom stereocenters. The number of nitrogens with zero attached hydrogens (tertiary/aromatic N) is 1. The summed E-state index contributed by atoms with van der Waals surface area (Å²) in [7, 11) is 0. The Labute approximate surface area is 137 Å². The first-order valence-corrected chi connectivity index (χ1v) is 8.24. The molecule has 1 aliphatic rings. The average Bonchev–Trinajstić information content (AvgIpc) is 3.15. The molecular weight excluding hydrogens is 319 g/mol. The molecule has 23 heavy (non-hydrogen) atoms. The first-order valence-electron chi connectivity index (χ1n) is 7.43. The highest BCUT2D eigenvalue weighted by molar-refractivity contribution is 7.16. The number of thiazole rings is 1. The SMILES string of the molecule is O=C([O-])Cc1sc(NC[C@@H]2CCCO2)nc1-c1ccc(F)cc1. The third-order valence-corrected chi connectivity index (χ3v) is 4.64. The highest BCUT2D eigenvalue weighted by Crippen LogP contribution is 2.32. The van der Waals surface area contributed by atoms with Gasteiger partial charge in [-0.3, -0.25) is 0 Å². The fraction of sp³-hybridized carbons (Fsp3) is 0.375. The van der Waals surface area contributed by atoms with E-state index >= 15 is 0 Å². The number of carbonyl (C=O) groups is 1. The monoisotopic (exact) mass is 335 g/mol. The Balaban J connectivity index is 1.80. The molecule has 1 aromatic carbocycles. The first kappa shape index (κ1) is 15.9. The number of aliphatic carboxylic acids is 1. The number of hydrogen-bond donors (Lipinski definition) is 1. The van der Waals surface area contributed by atoms with E-state index in [1.165, 1.54) is 23.5 Å². The Kier molecular flexibility index (Phi) is 4.88. The molecule has 1 atom stereocenters. The van der Waals surface area contributed by atoms with Gasteiger partial charge in [-0.05, 0) is 37.1 Å². The predicted octanol–water partition coefficient (Wildman–Crippen LogP) is 1.83. The lowest BCUT2D eigenvalue weighted by Crippen LogP contribution is -2.24. The number of carboxylic acids is 1. The summed E-state index contributed by atoms with van der Waals surface area (Å²) < 4.78 is 18.6. The highest BCUT2D eigenvalue weighted by Gasteiger charge is 2.17. The van der Waals surface area contributed by atoms with E-state index in [1.807, 2.05) is 0 Å². The van der Waals surface area contributed by atoms with Gasteiger partial charge in [0, 0.05) is 36.0 Å². The summed E-state index contributed by atoms with van der Waals surface area (Å²) in [6.07, 6.45) is 2.01. The van der Waals surface area contributed by atoms with Crippen LogP contribution in [0.4, 0.5) is 9.52 Å². The van der Waals surface area contributed by atoms with Crippen LogP contribution in [-0.4, -0.2) is 30.2 Å². The van der Waals surface area contributed by atoms with Crippen molar-refractivity contribution in [2.24, 2.45) is 0 Å². The summed E-state index contributed by atoms with van der Waals surface area (Å²) in [6, 6.07) is 5.84. The van der Waals surface area contributed by atoms with Crippen molar-refractivity contribution in [2.75, 3.05) is 18.5 Å². The standard InChI is InChI=1S/C16H17FN2O3S/c17-11-5-3-10(4-6-11)15-13(8-14(20)21)23-16(19-15)18-9-12-2-1-7-22-12/h3-6,12H,1-2,7-9H2,(H,18,19)(H,20,21)/p-1/t12-/m0/s1. The number of benzene rings is 1. The van der Waals surface area contributed by atoms with Crippen molar-refractivity contribution >= 4 is 22.4 Å². The van der Waals surface area contributed by atoms with Crippen molar-refractivity contribution in [1.82, 2.24) is 4.98 Å². The molecule has 2 aromatic rings. The fourth-order valence-electron chi connectivity index (χ4n) is 2.52. The average molecular weight is 335 g/mol. The lowest BCUT2D eigenvalue weighted by molar-refractivity contribution is -0.304. The van der Waals surface area contributed by atoms with Crippen LogP contribution in [0.5, 0.6) is 0 Å². The second kappa shape index (κ2) is 7.06. The Hall–Kier alpha value is -1.99. The van der Waals surface area contributed by atoms with Crippen LogP contribution < -0.4 is 10.4 Å². The van der Waals surface area contributed by atoms with Crippen molar-refractivity contribution in [3.63, 3.8) is 0 Å². The molecule has 0 aliphatic carbocycles. The minimum Gasteiger partial charge on any atom is -0.550 e. The predicted molar refractivity (Wildman–Crippen MR) is 83.7 cm³/mol. The molecule has 1 saturated heterocycles. The number of carboxylic acid groups (broad SMARTS) is 1. The zero-order chi connectivity index (χ0) is 16.2. The van der Waals surface area contributed by atoms with Gasteiger partial charge in [-0.1, -0.05) is 0 Å². The molecule has 1 aromatic heterocycles. The second-order valence-corrected chi connectivity index (χ2v) is 6.45. The van der Waals surface area contributed by atoms with Crippen LogP contribution in [0.15, 0.2) is 24.3 Å². The number of halogens is 1. The summed E-state index contributed by atoms with van der Waals surface area (Å²) in [5, 5.41) is 14.8. The Morgan fingerprint density at radius 1 is 1.43 bits per heavy atom. The number of carbonyl (C=O) groups excluding carboxylic acids is 1. The van der Waals surface area contributed by atoms with Crippen LogP contribution in [0.3, 0.4) is 0 Å². The van der Waals surface area contributed by atoms with Crippen molar-refractivity contribution in [2.45, 2.75) is 25.4 Å². The first-order chi connectivity index (χ1) is 11.1. The minimum absolute atomic E-state index is 0.165. The van der Waals surface area contributed by atoms with E-state index in [0.29, 0.717) is 27.8 Å². The van der Waals surface area contributed by atoms with Gasteiger partial charge >= 0.3 is 0 Å². The molecule has 0 amide bonds. The van der Waals surface area contributed by atoms with E-state index in [4.69, 9.17) is 4.74 Å². The Morgan fingerprint density at radius 2 is 2.22 bits per heavy atom. The Morgan fingerprint density at radius 3 is 2.87 bits per heavy atom. The highest BCUT2D eigenvalue weighted by atomic mass is 32.1. The second-order valence-electron chi connectivity index (χ2n) is 5.36. The van der Waals surface area contributed by atoms with Crippen LogP contribution in [-0.2, 0) is 16.0 Å². The number of nitrogens with one attached hydrogen (secondary N) is 1. The normalized spacial score (nSPS) is 17.3. The fourth-order valence-corrected chi connectivity index (χ4v) is 3.49. The maximum atomic E-state index is 13.1. The van der Waals surface area contributed by atoms with Crippen molar-refractivity contribution in [3.8, 4) is 11.3 Å². The van der Waals surface area contributed by atoms with E-state index < -0.39 is 5.97 Å². The molecule has 1 N–H and O–H groups in total. The van der Waals surface area contributed by atoms with Gasteiger partial charge in [0.25, 0.3) is 0 Å². The summed E-state index contributed by atoms with van der Waals surface area (Å²) in [5.41, 5.74) is 1.23. The third-order valence-electron chi connectivity index (χ3n) is 3.62. The molecule has 0 saturated carbocycles. The van der Waals surface area contributed by atoms with Gasteiger partial charge < -0.3 is 20.0 Å². The van der Waals surface area contributed by atoms with E-state index in [9.17, 15) is 14.3 Å². The van der Waals surface area contributed by atoms with Gasteiger partial charge in [0.05, 0.1) is 11.8 Å². The van der Waals surface area contributed by atoms with Gasteiger partial charge in [0.1, 0.15) is 5.82 Å². The quantitative estimate of drug-likeness (QED) is 0.872. The van der Waals surface area contributed by atoms with Crippen molar-refractivity contribution < 1.29 is 19.0 Å². The zero-order valence-corrected chi connectivity index (χ0v) is 13.2. The van der Waals surface area contributed by atoms with Crippen molar-refractivity contribution in [3.05, 3.63) is 35.0 Å². The minimum atomic E-state index is -1.16. The van der Waals surface area contributed by atoms with Crippen LogP contribution in [0.1, 0.15) is 17.7 Å². The molecule has 0 spiro atoms. The largest absolute Gasteiger partial charge is 0.550 e. The van der Waals surface area contributed by atoms with E-state index in [1.54, 1.807) is 12.1 Å². The molecule has 3 rings (SSSR count). The van der Waals surface area contributed by atoms with Gasteiger partial charge in [-0.2, -0.15) is 0 Å². The van der Waals surface area contributed by atoms with E-state index in [2.05, 4.69) is 10.3 Å². The summed E-state index contributed by atoms with van der Waals surface area (Å²) in [4.78, 5) is 16.0. The molecule has 0 radical (unpaired) electrons.